The first-order valence-corrected chi connectivity index (χ1v) is 8.07. The van der Waals surface area contributed by atoms with Gasteiger partial charge < -0.3 is 10.6 Å². The van der Waals surface area contributed by atoms with Crippen LogP contribution < -0.4 is 10.6 Å². The number of hydrogen-bond donors (Lipinski definition) is 2. The number of carbonyl (C=O) groups excluding carboxylic acids is 1. The van der Waals surface area contributed by atoms with E-state index in [0.29, 0.717) is 12.0 Å². The van der Waals surface area contributed by atoms with Crippen LogP contribution in [0.3, 0.4) is 0 Å². The van der Waals surface area contributed by atoms with Gasteiger partial charge in [0.25, 0.3) is 0 Å². The summed E-state index contributed by atoms with van der Waals surface area (Å²) in [6, 6.07) is 4.39. The fourth-order valence-corrected chi connectivity index (χ4v) is 3.98. The van der Waals surface area contributed by atoms with E-state index in [1.54, 1.807) is 0 Å². The molecule has 1 unspecified atom stereocenters. The predicted molar refractivity (Wildman–Crippen MR) is 85.1 cm³/mol. The molecule has 1 aromatic carbocycles. The number of aryl methyl sites for hydroxylation is 3. The molecule has 21 heavy (non-hydrogen) atoms. The smallest absolute Gasteiger partial charge is 0.223 e. The van der Waals surface area contributed by atoms with Gasteiger partial charge in [0.15, 0.2) is 0 Å². The Kier molecular flexibility index (Phi) is 3.78. The summed E-state index contributed by atoms with van der Waals surface area (Å²) in [6.07, 6.45) is 3.41. The average molecular weight is 286 g/mol. The molecule has 1 aromatic rings. The normalized spacial score (nSPS) is 23.1. The highest BCUT2D eigenvalue weighted by atomic mass is 16.2. The number of benzene rings is 1. The Balaban J connectivity index is 1.60. The molecular formula is C18H26N2O. The van der Waals surface area contributed by atoms with E-state index in [9.17, 15) is 4.79 Å². The van der Waals surface area contributed by atoms with E-state index < -0.39 is 0 Å². The maximum absolute atomic E-state index is 12.4. The summed E-state index contributed by atoms with van der Waals surface area (Å²) in [4.78, 5) is 12.4. The van der Waals surface area contributed by atoms with Gasteiger partial charge in [-0.1, -0.05) is 17.7 Å². The summed E-state index contributed by atoms with van der Waals surface area (Å²) in [6.45, 7) is 9.19. The molecular weight excluding hydrogens is 260 g/mol. The van der Waals surface area contributed by atoms with E-state index in [4.69, 9.17) is 0 Å². The molecule has 0 radical (unpaired) electrons. The van der Waals surface area contributed by atoms with E-state index in [-0.39, 0.29) is 11.8 Å². The lowest BCUT2D eigenvalue weighted by Gasteiger charge is -2.23. The van der Waals surface area contributed by atoms with Crippen LogP contribution >= 0.6 is 0 Å². The SMILES string of the molecule is Cc1cc(C)c(CNC(=O)C2CC23CCNCC3)c(C)c1. The second-order valence-corrected chi connectivity index (χ2v) is 6.96. The number of rotatable bonds is 3. The van der Waals surface area contributed by atoms with Crippen molar-refractivity contribution in [1.29, 1.82) is 0 Å². The Morgan fingerprint density at radius 1 is 1.24 bits per heavy atom. The highest BCUT2D eigenvalue weighted by Gasteiger charge is 2.57. The fourth-order valence-electron chi connectivity index (χ4n) is 3.98. The predicted octanol–water partition coefficient (Wildman–Crippen LogP) is 2.62. The zero-order chi connectivity index (χ0) is 15.0. The third-order valence-corrected chi connectivity index (χ3v) is 5.39. The largest absolute Gasteiger partial charge is 0.352 e. The van der Waals surface area contributed by atoms with Gasteiger partial charge in [-0.05, 0) is 75.2 Å². The molecule has 2 aliphatic rings. The highest BCUT2D eigenvalue weighted by molar-refractivity contribution is 5.82. The maximum atomic E-state index is 12.4. The van der Waals surface area contributed by atoms with Gasteiger partial charge in [-0.2, -0.15) is 0 Å². The Bertz CT molecular complexity index is 535. The average Bonchev–Trinajstić information content (AvgIpc) is 3.11. The lowest BCUT2D eigenvalue weighted by Crippen LogP contribution is -2.33. The van der Waals surface area contributed by atoms with Crippen LogP contribution in [-0.2, 0) is 11.3 Å². The van der Waals surface area contributed by atoms with Gasteiger partial charge in [0.05, 0.1) is 0 Å². The minimum Gasteiger partial charge on any atom is -0.352 e. The quantitative estimate of drug-likeness (QED) is 0.897. The summed E-state index contributed by atoms with van der Waals surface area (Å²) in [5, 5.41) is 6.56. The van der Waals surface area contributed by atoms with Crippen LogP contribution in [0.25, 0.3) is 0 Å². The molecule has 1 saturated heterocycles. The van der Waals surface area contributed by atoms with Crippen LogP contribution in [-0.4, -0.2) is 19.0 Å². The number of nitrogens with one attached hydrogen (secondary N) is 2. The topological polar surface area (TPSA) is 41.1 Å². The van der Waals surface area contributed by atoms with Gasteiger partial charge >= 0.3 is 0 Å². The molecule has 3 nitrogen and oxygen atoms in total. The highest BCUT2D eigenvalue weighted by Crippen LogP contribution is 2.58. The first kappa shape index (κ1) is 14.6. The van der Waals surface area contributed by atoms with Crippen molar-refractivity contribution in [1.82, 2.24) is 10.6 Å². The van der Waals surface area contributed by atoms with E-state index >= 15 is 0 Å². The first-order valence-electron chi connectivity index (χ1n) is 8.07. The van der Waals surface area contributed by atoms with E-state index in [1.165, 1.54) is 22.3 Å². The van der Waals surface area contributed by atoms with Crippen molar-refractivity contribution >= 4 is 5.91 Å². The molecule has 114 valence electrons. The van der Waals surface area contributed by atoms with Crippen LogP contribution in [0, 0.1) is 32.1 Å². The van der Waals surface area contributed by atoms with E-state index in [2.05, 4.69) is 43.5 Å². The second kappa shape index (κ2) is 5.45. The summed E-state index contributed by atoms with van der Waals surface area (Å²) < 4.78 is 0. The standard InChI is InChI=1S/C18H26N2O/c1-12-8-13(2)15(14(3)9-12)11-20-17(21)16-10-18(16)4-6-19-7-5-18/h8-9,16,19H,4-7,10-11H2,1-3H3,(H,20,21). The van der Waals surface area contributed by atoms with Gasteiger partial charge in [-0.3, -0.25) is 4.79 Å². The van der Waals surface area contributed by atoms with Gasteiger partial charge in [0.1, 0.15) is 0 Å². The summed E-state index contributed by atoms with van der Waals surface area (Å²) in [5.74, 6) is 0.516. The van der Waals surface area contributed by atoms with Crippen molar-refractivity contribution in [2.24, 2.45) is 11.3 Å². The van der Waals surface area contributed by atoms with Crippen LogP contribution in [0.2, 0.25) is 0 Å². The molecule has 1 atom stereocenters. The lowest BCUT2D eigenvalue weighted by atomic mass is 9.91. The molecule has 2 N–H and O–H groups in total. The monoisotopic (exact) mass is 286 g/mol. The lowest BCUT2D eigenvalue weighted by molar-refractivity contribution is -0.123. The molecule has 3 rings (SSSR count). The molecule has 1 aliphatic carbocycles. The fraction of sp³-hybridized carbons (Fsp3) is 0.611. The number of carbonyl (C=O) groups is 1. The van der Waals surface area contributed by atoms with Gasteiger partial charge in [0, 0.05) is 12.5 Å². The zero-order valence-electron chi connectivity index (χ0n) is 13.4. The molecule has 3 heteroatoms. The summed E-state index contributed by atoms with van der Waals surface area (Å²) >= 11 is 0. The minimum absolute atomic E-state index is 0.255. The number of piperidine rings is 1. The molecule has 1 saturated carbocycles. The Morgan fingerprint density at radius 3 is 2.48 bits per heavy atom. The van der Waals surface area contributed by atoms with Crippen molar-refractivity contribution in [3.8, 4) is 0 Å². The molecule has 0 aromatic heterocycles. The maximum Gasteiger partial charge on any atom is 0.223 e. The minimum atomic E-state index is 0.255. The second-order valence-electron chi connectivity index (χ2n) is 6.96. The van der Waals surface area contributed by atoms with Crippen molar-refractivity contribution < 1.29 is 4.79 Å². The van der Waals surface area contributed by atoms with E-state index in [1.807, 2.05) is 0 Å². The van der Waals surface area contributed by atoms with Gasteiger partial charge in [-0.15, -0.1) is 0 Å². The third kappa shape index (κ3) is 2.84. The number of hydrogen-bond acceptors (Lipinski definition) is 2. The van der Waals surface area contributed by atoms with E-state index in [0.717, 1.165) is 32.4 Å². The van der Waals surface area contributed by atoms with Crippen molar-refractivity contribution in [2.75, 3.05) is 13.1 Å². The zero-order valence-corrected chi connectivity index (χ0v) is 13.4. The van der Waals surface area contributed by atoms with Crippen molar-refractivity contribution in [3.05, 3.63) is 34.4 Å². The van der Waals surface area contributed by atoms with Crippen LogP contribution in [0.15, 0.2) is 12.1 Å². The number of amides is 1. The molecule has 1 amide bonds. The molecule has 1 spiro atoms. The Labute approximate surface area is 127 Å². The van der Waals surface area contributed by atoms with Crippen LogP contribution in [0.5, 0.6) is 0 Å². The molecule has 0 bridgehead atoms. The Hall–Kier alpha value is -1.35. The summed E-state index contributed by atoms with van der Waals surface area (Å²) in [7, 11) is 0. The summed E-state index contributed by atoms with van der Waals surface area (Å²) in [5.41, 5.74) is 5.44. The Morgan fingerprint density at radius 2 is 1.86 bits per heavy atom. The first-order chi connectivity index (χ1) is 10.0. The molecule has 2 fully saturated rings. The molecule has 1 heterocycles. The van der Waals surface area contributed by atoms with Gasteiger partial charge in [0.2, 0.25) is 5.91 Å². The van der Waals surface area contributed by atoms with Crippen molar-refractivity contribution in [3.63, 3.8) is 0 Å². The molecule has 1 aliphatic heterocycles. The van der Waals surface area contributed by atoms with Crippen LogP contribution in [0.4, 0.5) is 0 Å². The van der Waals surface area contributed by atoms with Gasteiger partial charge in [-0.25, -0.2) is 0 Å². The van der Waals surface area contributed by atoms with Crippen molar-refractivity contribution in [2.45, 2.75) is 46.6 Å². The third-order valence-electron chi connectivity index (χ3n) is 5.39. The van der Waals surface area contributed by atoms with Crippen LogP contribution in [0.1, 0.15) is 41.5 Å².